The molecule has 2 aromatic rings. The molecule has 0 radical (unpaired) electrons. The average molecular weight is 347 g/mol. The lowest BCUT2D eigenvalue weighted by molar-refractivity contribution is -0.138. The Kier molecular flexibility index (Phi) is 6.51. The van der Waals surface area contributed by atoms with Gasteiger partial charge in [-0.05, 0) is 36.4 Å². The highest BCUT2D eigenvalue weighted by Crippen LogP contribution is 2.24. The summed E-state index contributed by atoms with van der Waals surface area (Å²) in [5, 5.41) is 2.85. The number of hydrogen-bond acceptors (Lipinski definition) is 7. The minimum absolute atomic E-state index is 0.000314. The number of carbonyl (C=O) groups is 2. The number of thioether (sulfide) groups is 1. The van der Waals surface area contributed by atoms with E-state index in [-0.39, 0.29) is 5.70 Å². The van der Waals surface area contributed by atoms with E-state index >= 15 is 0 Å². The molecule has 24 heavy (non-hydrogen) atoms. The second kappa shape index (κ2) is 8.83. The van der Waals surface area contributed by atoms with Gasteiger partial charge in [-0.1, -0.05) is 0 Å². The summed E-state index contributed by atoms with van der Waals surface area (Å²) in [6.45, 7) is 0. The highest BCUT2D eigenvalue weighted by molar-refractivity contribution is 7.98. The minimum atomic E-state index is -0.656. The Morgan fingerprint density at radius 1 is 1.17 bits per heavy atom. The van der Waals surface area contributed by atoms with Crippen LogP contribution in [0.5, 0.6) is 0 Å². The van der Waals surface area contributed by atoms with Gasteiger partial charge < -0.3 is 19.2 Å². The number of carbonyl (C=O) groups excluding carboxylic acids is 2. The number of furan rings is 1. The predicted molar refractivity (Wildman–Crippen MR) is 90.4 cm³/mol. The molecule has 0 saturated carbocycles. The molecule has 6 nitrogen and oxygen atoms in total. The van der Waals surface area contributed by atoms with Gasteiger partial charge in [-0.25, -0.2) is 9.59 Å². The normalized spacial score (nSPS) is 11.0. The van der Waals surface area contributed by atoms with Crippen LogP contribution in [0.1, 0.15) is 5.76 Å². The van der Waals surface area contributed by atoms with Gasteiger partial charge in [0.05, 0.1) is 32.3 Å². The molecule has 2 rings (SSSR count). The molecule has 0 spiro atoms. The van der Waals surface area contributed by atoms with E-state index < -0.39 is 11.9 Å². The number of hydrogen-bond donors (Lipinski definition) is 1. The van der Waals surface area contributed by atoms with Crippen molar-refractivity contribution in [2.75, 3.05) is 19.5 Å². The average Bonchev–Trinajstić information content (AvgIpc) is 3.13. The van der Waals surface area contributed by atoms with E-state index in [0.717, 1.165) is 22.5 Å². The molecular weight excluding hydrogens is 330 g/mol. The summed E-state index contributed by atoms with van der Waals surface area (Å²) in [6.07, 6.45) is 2.69. The van der Waals surface area contributed by atoms with E-state index in [1.54, 1.807) is 30.2 Å². The number of rotatable bonds is 7. The molecule has 126 valence electrons. The highest BCUT2D eigenvalue weighted by atomic mass is 32.2. The van der Waals surface area contributed by atoms with E-state index in [1.165, 1.54) is 14.2 Å². The third-order valence-electron chi connectivity index (χ3n) is 2.96. The maximum Gasteiger partial charge on any atom is 0.354 e. The van der Waals surface area contributed by atoms with Crippen molar-refractivity contribution in [1.29, 1.82) is 0 Å². The van der Waals surface area contributed by atoms with Crippen LogP contribution in [0.25, 0.3) is 0 Å². The van der Waals surface area contributed by atoms with Crippen molar-refractivity contribution < 1.29 is 23.5 Å². The summed E-state index contributed by atoms with van der Waals surface area (Å²) < 4.78 is 14.4. The zero-order valence-electron chi connectivity index (χ0n) is 13.3. The van der Waals surface area contributed by atoms with Crippen LogP contribution in [-0.2, 0) is 24.8 Å². The number of nitrogens with one attached hydrogen (secondary N) is 1. The first-order valence-corrected chi connectivity index (χ1v) is 8.01. The number of methoxy groups -OCH3 is 2. The van der Waals surface area contributed by atoms with Gasteiger partial charge in [-0.2, -0.15) is 0 Å². The summed E-state index contributed by atoms with van der Waals surface area (Å²) in [5.41, 5.74) is 0.651. The van der Waals surface area contributed by atoms with Gasteiger partial charge in [-0.15, -0.1) is 11.8 Å². The maximum atomic E-state index is 11.7. The fraction of sp³-hybridized carbons (Fsp3) is 0.176. The number of esters is 2. The predicted octanol–water partition coefficient (Wildman–Crippen LogP) is 3.21. The van der Waals surface area contributed by atoms with Crippen LogP contribution < -0.4 is 5.32 Å². The Labute approximate surface area is 143 Å². The van der Waals surface area contributed by atoms with Crippen LogP contribution in [0.15, 0.2) is 63.7 Å². The van der Waals surface area contributed by atoms with Crippen molar-refractivity contribution in [3.63, 3.8) is 0 Å². The van der Waals surface area contributed by atoms with Gasteiger partial charge in [0.1, 0.15) is 11.5 Å². The zero-order valence-corrected chi connectivity index (χ0v) is 14.1. The lowest BCUT2D eigenvalue weighted by Crippen LogP contribution is -2.15. The smallest absolute Gasteiger partial charge is 0.354 e. The standard InChI is InChI=1S/C17H17NO5S/c1-21-16(19)10-15(17(20)22-2)18-12-5-7-14(8-6-12)24-11-13-4-3-9-23-13/h3-10,18H,11H2,1-2H3/b15-10+. The molecule has 0 aliphatic rings. The maximum absolute atomic E-state index is 11.7. The summed E-state index contributed by atoms with van der Waals surface area (Å²) in [4.78, 5) is 24.1. The quantitative estimate of drug-likeness (QED) is 0.468. The van der Waals surface area contributed by atoms with Crippen LogP contribution in [0.2, 0.25) is 0 Å². The van der Waals surface area contributed by atoms with Crippen molar-refractivity contribution in [1.82, 2.24) is 0 Å². The Hall–Kier alpha value is -2.67. The number of ether oxygens (including phenoxy) is 2. The third kappa shape index (κ3) is 5.20. The van der Waals surface area contributed by atoms with Crippen LogP contribution >= 0.6 is 11.8 Å². The molecule has 0 fully saturated rings. The summed E-state index contributed by atoms with van der Waals surface area (Å²) in [5.74, 6) is 0.330. The lowest BCUT2D eigenvalue weighted by atomic mass is 10.3. The van der Waals surface area contributed by atoms with Crippen molar-refractivity contribution in [2.45, 2.75) is 10.6 Å². The largest absolute Gasteiger partial charge is 0.468 e. The monoisotopic (exact) mass is 347 g/mol. The Balaban J connectivity index is 2.01. The minimum Gasteiger partial charge on any atom is -0.468 e. The van der Waals surface area contributed by atoms with Crippen LogP contribution in [-0.4, -0.2) is 26.2 Å². The number of anilines is 1. The van der Waals surface area contributed by atoms with Gasteiger partial charge in [0, 0.05) is 10.6 Å². The molecule has 1 heterocycles. The van der Waals surface area contributed by atoms with Gasteiger partial charge in [0.2, 0.25) is 0 Å². The zero-order chi connectivity index (χ0) is 17.4. The molecule has 1 aromatic heterocycles. The second-order valence-corrected chi connectivity index (χ2v) is 5.64. The fourth-order valence-corrected chi connectivity index (χ4v) is 2.57. The van der Waals surface area contributed by atoms with Gasteiger partial charge in [-0.3, -0.25) is 0 Å². The molecule has 0 aliphatic heterocycles. The van der Waals surface area contributed by atoms with Crippen molar-refractivity contribution in [2.24, 2.45) is 0 Å². The lowest BCUT2D eigenvalue weighted by Gasteiger charge is -2.09. The Morgan fingerprint density at radius 2 is 1.92 bits per heavy atom. The second-order valence-electron chi connectivity index (χ2n) is 4.59. The summed E-state index contributed by atoms with van der Waals surface area (Å²) in [7, 11) is 2.47. The molecule has 0 aliphatic carbocycles. The number of benzene rings is 1. The SMILES string of the molecule is COC(=O)/C=C(/Nc1ccc(SCc2ccco2)cc1)C(=O)OC. The first kappa shape index (κ1) is 17.7. The molecule has 0 bridgehead atoms. The van der Waals surface area contributed by atoms with E-state index in [1.807, 2.05) is 24.3 Å². The summed E-state index contributed by atoms with van der Waals surface area (Å²) in [6, 6.07) is 11.2. The molecule has 1 N–H and O–H groups in total. The van der Waals surface area contributed by atoms with Crippen molar-refractivity contribution in [3.05, 3.63) is 60.2 Å². The fourth-order valence-electron chi connectivity index (χ4n) is 1.77. The van der Waals surface area contributed by atoms with Gasteiger partial charge in [0.25, 0.3) is 0 Å². The highest BCUT2D eigenvalue weighted by Gasteiger charge is 2.12. The molecule has 0 saturated heterocycles. The van der Waals surface area contributed by atoms with E-state index in [4.69, 9.17) is 4.42 Å². The molecule has 7 heteroatoms. The van der Waals surface area contributed by atoms with Crippen LogP contribution in [0, 0.1) is 0 Å². The third-order valence-corrected chi connectivity index (χ3v) is 4.00. The Morgan fingerprint density at radius 3 is 2.50 bits per heavy atom. The molecular formula is C17H17NO5S. The van der Waals surface area contributed by atoms with Crippen LogP contribution in [0.3, 0.4) is 0 Å². The first-order valence-electron chi connectivity index (χ1n) is 7.02. The Bertz CT molecular complexity index is 707. The molecule has 1 aromatic carbocycles. The first-order chi connectivity index (χ1) is 11.6. The summed E-state index contributed by atoms with van der Waals surface area (Å²) >= 11 is 1.63. The van der Waals surface area contributed by atoms with E-state index in [0.29, 0.717) is 5.69 Å². The van der Waals surface area contributed by atoms with Crippen LogP contribution in [0.4, 0.5) is 5.69 Å². The van der Waals surface area contributed by atoms with E-state index in [9.17, 15) is 9.59 Å². The molecule has 0 unspecified atom stereocenters. The van der Waals surface area contributed by atoms with E-state index in [2.05, 4.69) is 14.8 Å². The van der Waals surface area contributed by atoms with Gasteiger partial charge in [0.15, 0.2) is 0 Å². The van der Waals surface area contributed by atoms with Crippen molar-refractivity contribution in [3.8, 4) is 0 Å². The topological polar surface area (TPSA) is 77.8 Å². The van der Waals surface area contributed by atoms with Gasteiger partial charge >= 0.3 is 11.9 Å². The van der Waals surface area contributed by atoms with Crippen molar-refractivity contribution >= 4 is 29.4 Å². The molecule has 0 atom stereocenters. The molecule has 0 amide bonds.